The van der Waals surface area contributed by atoms with Crippen molar-refractivity contribution in [1.29, 1.82) is 0 Å². The van der Waals surface area contributed by atoms with Crippen LogP contribution in [0.4, 0.5) is 4.79 Å². The molecule has 2 unspecified atom stereocenters. The Kier molecular flexibility index (Phi) is 5.81. The van der Waals surface area contributed by atoms with Gasteiger partial charge in [0.15, 0.2) is 0 Å². The predicted octanol–water partition coefficient (Wildman–Crippen LogP) is 3.58. The van der Waals surface area contributed by atoms with E-state index in [-0.39, 0.29) is 12.1 Å². The third kappa shape index (κ3) is 5.25. The summed E-state index contributed by atoms with van der Waals surface area (Å²) in [7, 11) is 0. The van der Waals surface area contributed by atoms with Crippen LogP contribution >= 0.6 is 11.3 Å². The average molecular weight is 325 g/mol. The number of carbonyl (C=O) groups is 1. The molecule has 1 N–H and O–H groups in total. The molecule has 1 aliphatic rings. The summed E-state index contributed by atoms with van der Waals surface area (Å²) in [6.07, 6.45) is 4.96. The highest BCUT2D eigenvalue weighted by atomic mass is 32.1. The van der Waals surface area contributed by atoms with Crippen molar-refractivity contribution in [1.82, 2.24) is 15.2 Å². The van der Waals surface area contributed by atoms with Gasteiger partial charge in [0.05, 0.1) is 5.51 Å². The molecule has 1 amide bonds. The van der Waals surface area contributed by atoms with E-state index in [0.29, 0.717) is 12.6 Å². The van der Waals surface area contributed by atoms with Crippen molar-refractivity contribution >= 4 is 17.4 Å². The Balaban J connectivity index is 1.93. The predicted molar refractivity (Wildman–Crippen MR) is 89.1 cm³/mol. The lowest BCUT2D eigenvalue weighted by Crippen LogP contribution is -2.44. The second-order valence-corrected chi connectivity index (χ2v) is 7.83. The van der Waals surface area contributed by atoms with Gasteiger partial charge in [-0.05, 0) is 40.5 Å². The number of rotatable bonds is 3. The quantitative estimate of drug-likeness (QED) is 0.923. The first-order valence-electron chi connectivity index (χ1n) is 7.97. The summed E-state index contributed by atoms with van der Waals surface area (Å²) in [5, 5.41) is 3.63. The van der Waals surface area contributed by atoms with E-state index in [9.17, 15) is 4.79 Å². The monoisotopic (exact) mass is 325 g/mol. The highest BCUT2D eigenvalue weighted by Crippen LogP contribution is 2.20. The third-order valence-corrected chi connectivity index (χ3v) is 4.65. The van der Waals surface area contributed by atoms with E-state index in [1.165, 1.54) is 4.88 Å². The molecule has 1 saturated heterocycles. The summed E-state index contributed by atoms with van der Waals surface area (Å²) < 4.78 is 5.51. The van der Waals surface area contributed by atoms with Crippen LogP contribution in [-0.4, -0.2) is 40.7 Å². The van der Waals surface area contributed by atoms with Crippen molar-refractivity contribution in [2.24, 2.45) is 0 Å². The molecule has 0 aromatic carbocycles. The largest absolute Gasteiger partial charge is 0.444 e. The molecule has 1 aromatic heterocycles. The highest BCUT2D eigenvalue weighted by molar-refractivity contribution is 7.09. The molecule has 1 aromatic rings. The molecule has 22 heavy (non-hydrogen) atoms. The van der Waals surface area contributed by atoms with Gasteiger partial charge in [0.2, 0.25) is 0 Å². The maximum atomic E-state index is 12.3. The Labute approximate surface area is 137 Å². The van der Waals surface area contributed by atoms with Gasteiger partial charge in [-0.15, -0.1) is 11.3 Å². The van der Waals surface area contributed by atoms with E-state index in [1.807, 2.05) is 37.4 Å². The molecule has 2 rings (SSSR count). The Morgan fingerprint density at radius 1 is 1.50 bits per heavy atom. The van der Waals surface area contributed by atoms with Gasteiger partial charge in [0, 0.05) is 36.2 Å². The van der Waals surface area contributed by atoms with Gasteiger partial charge in [-0.2, -0.15) is 0 Å². The van der Waals surface area contributed by atoms with Crippen LogP contribution in [-0.2, 0) is 4.74 Å². The number of hydrogen-bond donors (Lipinski definition) is 1. The first-order valence-corrected chi connectivity index (χ1v) is 8.85. The molecule has 2 atom stereocenters. The summed E-state index contributed by atoms with van der Waals surface area (Å²) in [6.45, 7) is 9.36. The van der Waals surface area contributed by atoms with E-state index in [0.717, 1.165) is 25.8 Å². The summed E-state index contributed by atoms with van der Waals surface area (Å²) >= 11 is 1.66. The van der Waals surface area contributed by atoms with Crippen LogP contribution in [0.5, 0.6) is 0 Å². The van der Waals surface area contributed by atoms with Crippen molar-refractivity contribution in [3.8, 4) is 0 Å². The molecule has 1 fully saturated rings. The topological polar surface area (TPSA) is 54.5 Å². The zero-order valence-corrected chi connectivity index (χ0v) is 14.8. The standard InChI is InChI=1S/C16H27N3O2S/c1-12(14-9-17-11-22-14)18-13-7-5-6-8-19(10-13)15(20)21-16(2,3)4/h9,11-13,18H,5-8,10H2,1-4H3. The zero-order chi connectivity index (χ0) is 16.2. The van der Waals surface area contributed by atoms with Crippen molar-refractivity contribution in [2.45, 2.75) is 64.6 Å². The minimum Gasteiger partial charge on any atom is -0.444 e. The van der Waals surface area contributed by atoms with Crippen molar-refractivity contribution in [3.63, 3.8) is 0 Å². The summed E-state index contributed by atoms with van der Waals surface area (Å²) in [5.74, 6) is 0. The SMILES string of the molecule is CC(NC1CCCCN(C(=O)OC(C)(C)C)C1)c1cncs1. The molecule has 5 nitrogen and oxygen atoms in total. The summed E-state index contributed by atoms with van der Waals surface area (Å²) in [6, 6.07) is 0.559. The summed E-state index contributed by atoms with van der Waals surface area (Å²) in [5.41, 5.74) is 1.41. The first-order chi connectivity index (χ1) is 10.3. The van der Waals surface area contributed by atoms with Gasteiger partial charge in [-0.1, -0.05) is 6.42 Å². The lowest BCUT2D eigenvalue weighted by Gasteiger charge is -2.29. The molecule has 2 heterocycles. The Morgan fingerprint density at radius 3 is 2.91 bits per heavy atom. The number of carbonyl (C=O) groups excluding carboxylic acids is 1. The van der Waals surface area contributed by atoms with Crippen LogP contribution < -0.4 is 5.32 Å². The second kappa shape index (κ2) is 7.42. The normalized spacial score (nSPS) is 21.3. The Hall–Kier alpha value is -1.14. The number of nitrogens with zero attached hydrogens (tertiary/aromatic N) is 2. The van der Waals surface area contributed by atoms with Gasteiger partial charge in [0.25, 0.3) is 0 Å². The van der Waals surface area contributed by atoms with Gasteiger partial charge in [-0.3, -0.25) is 4.98 Å². The molecule has 0 saturated carbocycles. The fourth-order valence-electron chi connectivity index (χ4n) is 2.65. The number of nitrogens with one attached hydrogen (secondary N) is 1. The molecular formula is C16H27N3O2S. The number of ether oxygens (including phenoxy) is 1. The zero-order valence-electron chi connectivity index (χ0n) is 14.0. The van der Waals surface area contributed by atoms with Crippen molar-refractivity contribution in [2.75, 3.05) is 13.1 Å². The van der Waals surface area contributed by atoms with Crippen LogP contribution in [0.3, 0.4) is 0 Å². The minimum atomic E-state index is -0.442. The van der Waals surface area contributed by atoms with E-state index >= 15 is 0 Å². The van der Waals surface area contributed by atoms with Crippen LogP contribution in [0.15, 0.2) is 11.7 Å². The average Bonchev–Trinajstić information content (AvgIpc) is 2.84. The molecule has 124 valence electrons. The van der Waals surface area contributed by atoms with Gasteiger partial charge >= 0.3 is 6.09 Å². The number of likely N-dealkylation sites (tertiary alicyclic amines) is 1. The lowest BCUT2D eigenvalue weighted by atomic mass is 10.1. The molecule has 1 aliphatic heterocycles. The highest BCUT2D eigenvalue weighted by Gasteiger charge is 2.27. The minimum absolute atomic E-state index is 0.202. The maximum Gasteiger partial charge on any atom is 0.410 e. The van der Waals surface area contributed by atoms with Crippen LogP contribution in [0, 0.1) is 0 Å². The first kappa shape index (κ1) is 17.2. The van der Waals surface area contributed by atoms with E-state index in [2.05, 4.69) is 17.2 Å². The van der Waals surface area contributed by atoms with E-state index in [4.69, 9.17) is 4.74 Å². The van der Waals surface area contributed by atoms with Crippen molar-refractivity contribution in [3.05, 3.63) is 16.6 Å². The molecule has 0 spiro atoms. The van der Waals surface area contributed by atoms with Crippen molar-refractivity contribution < 1.29 is 9.53 Å². The fourth-order valence-corrected chi connectivity index (χ4v) is 3.28. The molecular weight excluding hydrogens is 298 g/mol. The van der Waals surface area contributed by atoms with Gasteiger partial charge in [0.1, 0.15) is 5.60 Å². The second-order valence-electron chi connectivity index (χ2n) is 6.91. The molecule has 0 radical (unpaired) electrons. The molecule has 6 heteroatoms. The van der Waals surface area contributed by atoms with Gasteiger partial charge in [-0.25, -0.2) is 4.79 Å². The number of hydrogen-bond acceptors (Lipinski definition) is 5. The van der Waals surface area contributed by atoms with Crippen LogP contribution in [0.25, 0.3) is 0 Å². The van der Waals surface area contributed by atoms with Crippen LogP contribution in [0.1, 0.15) is 57.9 Å². The lowest BCUT2D eigenvalue weighted by molar-refractivity contribution is 0.0242. The van der Waals surface area contributed by atoms with Crippen LogP contribution in [0.2, 0.25) is 0 Å². The van der Waals surface area contributed by atoms with E-state index < -0.39 is 5.60 Å². The third-order valence-electron chi connectivity index (χ3n) is 3.69. The number of amides is 1. The maximum absolute atomic E-state index is 12.3. The Bertz CT molecular complexity index is 470. The smallest absolute Gasteiger partial charge is 0.410 e. The number of thiazole rings is 1. The molecule has 0 aliphatic carbocycles. The van der Waals surface area contributed by atoms with E-state index in [1.54, 1.807) is 11.3 Å². The molecule has 0 bridgehead atoms. The Morgan fingerprint density at radius 2 is 2.27 bits per heavy atom. The fraction of sp³-hybridized carbons (Fsp3) is 0.750. The van der Waals surface area contributed by atoms with Gasteiger partial charge < -0.3 is 15.0 Å². The summed E-state index contributed by atoms with van der Waals surface area (Å²) in [4.78, 5) is 19.5. The number of aromatic nitrogens is 1.